The molecule has 0 atom stereocenters. The zero-order chi connectivity index (χ0) is 12.0. The van der Waals surface area contributed by atoms with Gasteiger partial charge in [-0.25, -0.2) is 0 Å². The van der Waals surface area contributed by atoms with Crippen molar-refractivity contribution >= 4 is 17.1 Å². The second-order valence-electron chi connectivity index (χ2n) is 4.44. The number of hydrogen-bond donors (Lipinski definition) is 0. The predicted molar refractivity (Wildman–Crippen MR) is 71.5 cm³/mol. The van der Waals surface area contributed by atoms with Crippen molar-refractivity contribution in [2.24, 2.45) is 0 Å². The fourth-order valence-corrected chi connectivity index (χ4v) is 2.72. The van der Waals surface area contributed by atoms with Gasteiger partial charge in [0.25, 0.3) is 0 Å². The van der Waals surface area contributed by atoms with Crippen molar-refractivity contribution in [3.63, 3.8) is 0 Å². The lowest BCUT2D eigenvalue weighted by molar-refractivity contribution is 0.0983. The fourth-order valence-electron chi connectivity index (χ4n) is 1.72. The van der Waals surface area contributed by atoms with Crippen LogP contribution in [0.15, 0.2) is 6.07 Å². The molecule has 1 nitrogen and oxygen atoms in total. The first-order valence-electron chi connectivity index (χ1n) is 6.25. The van der Waals surface area contributed by atoms with Gasteiger partial charge in [0.15, 0.2) is 5.78 Å². The topological polar surface area (TPSA) is 17.1 Å². The lowest BCUT2D eigenvalue weighted by Crippen LogP contribution is -1.95. The molecule has 2 heteroatoms. The highest BCUT2D eigenvalue weighted by atomic mass is 32.1. The molecule has 0 aliphatic heterocycles. The summed E-state index contributed by atoms with van der Waals surface area (Å²) in [6.45, 7) is 6.37. The summed E-state index contributed by atoms with van der Waals surface area (Å²) in [5, 5.41) is 0. The third-order valence-corrected chi connectivity index (χ3v) is 4.14. The molecular formula is C14H22OS. The molecule has 0 saturated carbocycles. The smallest absolute Gasteiger partial charge is 0.172 e. The molecule has 0 amide bonds. The summed E-state index contributed by atoms with van der Waals surface area (Å²) in [4.78, 5) is 14.1. The van der Waals surface area contributed by atoms with E-state index >= 15 is 0 Å². The second-order valence-corrected chi connectivity index (χ2v) is 5.69. The van der Waals surface area contributed by atoms with E-state index in [-0.39, 0.29) is 0 Å². The Morgan fingerprint density at radius 1 is 1.19 bits per heavy atom. The number of hydrogen-bond acceptors (Lipinski definition) is 2. The molecule has 0 aliphatic carbocycles. The average Bonchev–Trinajstić information content (AvgIpc) is 2.59. The van der Waals surface area contributed by atoms with E-state index in [0.29, 0.717) is 5.78 Å². The van der Waals surface area contributed by atoms with Gasteiger partial charge in [-0.05, 0) is 31.9 Å². The van der Waals surface area contributed by atoms with E-state index in [9.17, 15) is 4.79 Å². The molecule has 0 bridgehead atoms. The number of thiophene rings is 1. The molecular weight excluding hydrogens is 216 g/mol. The molecule has 16 heavy (non-hydrogen) atoms. The number of unbranched alkanes of at least 4 members (excludes halogenated alkanes) is 4. The fraction of sp³-hybridized carbons (Fsp3) is 0.643. The van der Waals surface area contributed by atoms with Crippen LogP contribution in [0.3, 0.4) is 0 Å². The van der Waals surface area contributed by atoms with Gasteiger partial charge >= 0.3 is 0 Å². The summed E-state index contributed by atoms with van der Waals surface area (Å²) < 4.78 is 0. The van der Waals surface area contributed by atoms with Gasteiger partial charge in [0.2, 0.25) is 0 Å². The number of Topliss-reactive ketones (excluding diaryl/α,β-unsaturated/α-hetero) is 1. The molecule has 0 fully saturated rings. The standard InChI is InChI=1S/C14H22OS/c1-4-5-6-7-8-9-13(15)14-10-11(2)12(3)16-14/h10H,4-9H2,1-3H3. The molecule has 90 valence electrons. The Balaban J connectivity index is 2.30. The molecule has 1 aromatic rings. The van der Waals surface area contributed by atoms with Gasteiger partial charge in [-0.15, -0.1) is 11.3 Å². The Morgan fingerprint density at radius 3 is 2.44 bits per heavy atom. The first kappa shape index (κ1) is 13.4. The summed E-state index contributed by atoms with van der Waals surface area (Å²) in [5.74, 6) is 0.331. The molecule has 0 saturated heterocycles. The van der Waals surface area contributed by atoms with Crippen LogP contribution in [0, 0.1) is 13.8 Å². The minimum absolute atomic E-state index is 0.331. The Hall–Kier alpha value is -0.630. The van der Waals surface area contributed by atoms with Gasteiger partial charge < -0.3 is 0 Å². The van der Waals surface area contributed by atoms with E-state index in [1.165, 1.54) is 36.1 Å². The lowest BCUT2D eigenvalue weighted by atomic mass is 10.1. The van der Waals surface area contributed by atoms with Crippen LogP contribution in [0.1, 0.15) is 65.6 Å². The van der Waals surface area contributed by atoms with Crippen LogP contribution in [0.2, 0.25) is 0 Å². The van der Waals surface area contributed by atoms with Crippen molar-refractivity contribution < 1.29 is 4.79 Å². The van der Waals surface area contributed by atoms with Crippen LogP contribution in [-0.4, -0.2) is 5.78 Å². The van der Waals surface area contributed by atoms with Gasteiger partial charge in [-0.2, -0.15) is 0 Å². The van der Waals surface area contributed by atoms with Gasteiger partial charge in [0.05, 0.1) is 4.88 Å². The maximum Gasteiger partial charge on any atom is 0.172 e. The Kier molecular flexibility index (Phi) is 5.75. The molecule has 0 spiro atoms. The van der Waals surface area contributed by atoms with Crippen molar-refractivity contribution in [2.75, 3.05) is 0 Å². The molecule has 0 N–H and O–H groups in total. The molecule has 1 rings (SSSR count). The predicted octanol–water partition coefficient (Wildman–Crippen LogP) is 4.91. The number of carbonyl (C=O) groups is 1. The van der Waals surface area contributed by atoms with Crippen LogP contribution >= 0.6 is 11.3 Å². The normalized spacial score (nSPS) is 10.7. The lowest BCUT2D eigenvalue weighted by Gasteiger charge is -1.98. The van der Waals surface area contributed by atoms with E-state index in [0.717, 1.165) is 17.7 Å². The monoisotopic (exact) mass is 238 g/mol. The van der Waals surface area contributed by atoms with Gasteiger partial charge in [0, 0.05) is 11.3 Å². The molecule has 0 aromatic carbocycles. The van der Waals surface area contributed by atoms with Gasteiger partial charge in [-0.3, -0.25) is 4.79 Å². The highest BCUT2D eigenvalue weighted by Crippen LogP contribution is 2.22. The highest BCUT2D eigenvalue weighted by molar-refractivity contribution is 7.14. The van der Waals surface area contributed by atoms with Crippen molar-refractivity contribution in [1.82, 2.24) is 0 Å². The van der Waals surface area contributed by atoms with E-state index in [2.05, 4.69) is 20.8 Å². The number of ketones is 1. The summed E-state index contributed by atoms with van der Waals surface area (Å²) in [6, 6.07) is 2.04. The number of rotatable bonds is 7. The summed E-state index contributed by atoms with van der Waals surface area (Å²) in [6.07, 6.45) is 6.80. The molecule has 1 aromatic heterocycles. The largest absolute Gasteiger partial charge is 0.293 e. The summed E-state index contributed by atoms with van der Waals surface area (Å²) in [7, 11) is 0. The Bertz CT molecular complexity index is 319. The van der Waals surface area contributed by atoms with Crippen molar-refractivity contribution in [2.45, 2.75) is 59.3 Å². The second kappa shape index (κ2) is 6.85. The Labute approximate surface area is 103 Å². The maximum atomic E-state index is 11.9. The quantitative estimate of drug-likeness (QED) is 0.487. The van der Waals surface area contributed by atoms with Crippen LogP contribution in [0.25, 0.3) is 0 Å². The van der Waals surface area contributed by atoms with Crippen molar-refractivity contribution in [1.29, 1.82) is 0 Å². The van der Waals surface area contributed by atoms with Gasteiger partial charge in [0.1, 0.15) is 0 Å². The first-order chi connectivity index (χ1) is 7.65. The zero-order valence-electron chi connectivity index (χ0n) is 10.6. The zero-order valence-corrected chi connectivity index (χ0v) is 11.5. The minimum Gasteiger partial charge on any atom is -0.293 e. The number of aryl methyl sites for hydroxylation is 2. The third kappa shape index (κ3) is 4.09. The molecule has 0 aliphatic rings. The van der Waals surface area contributed by atoms with Crippen molar-refractivity contribution in [3.05, 3.63) is 21.4 Å². The minimum atomic E-state index is 0.331. The third-order valence-electron chi connectivity index (χ3n) is 2.95. The molecule has 1 heterocycles. The van der Waals surface area contributed by atoms with Crippen LogP contribution in [-0.2, 0) is 0 Å². The van der Waals surface area contributed by atoms with E-state index in [4.69, 9.17) is 0 Å². The van der Waals surface area contributed by atoms with E-state index in [1.807, 2.05) is 6.07 Å². The van der Waals surface area contributed by atoms with Crippen LogP contribution in [0.4, 0.5) is 0 Å². The average molecular weight is 238 g/mol. The summed E-state index contributed by atoms with van der Waals surface area (Å²) >= 11 is 1.64. The maximum absolute atomic E-state index is 11.9. The van der Waals surface area contributed by atoms with Crippen LogP contribution in [0.5, 0.6) is 0 Å². The summed E-state index contributed by atoms with van der Waals surface area (Å²) in [5.41, 5.74) is 1.25. The molecule has 0 unspecified atom stereocenters. The van der Waals surface area contributed by atoms with E-state index < -0.39 is 0 Å². The van der Waals surface area contributed by atoms with Crippen LogP contribution < -0.4 is 0 Å². The van der Waals surface area contributed by atoms with Crippen molar-refractivity contribution in [3.8, 4) is 0 Å². The van der Waals surface area contributed by atoms with Gasteiger partial charge in [-0.1, -0.05) is 32.6 Å². The highest BCUT2D eigenvalue weighted by Gasteiger charge is 2.09. The molecule has 0 radical (unpaired) electrons. The number of carbonyl (C=O) groups excluding carboxylic acids is 1. The van der Waals surface area contributed by atoms with E-state index in [1.54, 1.807) is 11.3 Å². The SMILES string of the molecule is CCCCCCCC(=O)c1cc(C)c(C)s1. The Morgan fingerprint density at radius 2 is 1.88 bits per heavy atom. The first-order valence-corrected chi connectivity index (χ1v) is 7.07.